The molecule has 25 heavy (non-hydrogen) atoms. The van der Waals surface area contributed by atoms with E-state index in [1.54, 1.807) is 0 Å². The number of aromatic nitrogens is 2. The van der Waals surface area contributed by atoms with Crippen LogP contribution in [-0.4, -0.2) is 20.4 Å². The molecule has 1 aromatic heterocycles. The number of carboxylic acids is 1. The van der Waals surface area contributed by atoms with Gasteiger partial charge in [0.2, 0.25) is 0 Å². The van der Waals surface area contributed by atoms with Crippen LogP contribution in [0.4, 0.5) is 0 Å². The summed E-state index contributed by atoms with van der Waals surface area (Å²) in [5.41, 5.74) is 6.37. The van der Waals surface area contributed by atoms with Crippen LogP contribution in [0.25, 0.3) is 11.4 Å². The Hall–Kier alpha value is -2.53. The first-order valence-electron chi connectivity index (χ1n) is 8.13. The van der Waals surface area contributed by atoms with Crippen LogP contribution in [0.1, 0.15) is 32.8 Å². The molecule has 128 valence electrons. The predicted octanol–water partition coefficient (Wildman–Crippen LogP) is 4.35. The van der Waals surface area contributed by atoms with Crippen LogP contribution in [-0.2, 0) is 17.6 Å². The molecule has 0 radical (unpaired) electrons. The van der Waals surface area contributed by atoms with E-state index in [1.165, 1.54) is 22.7 Å². The maximum absolute atomic E-state index is 11.0. The highest BCUT2D eigenvalue weighted by Gasteiger charge is 2.12. The molecule has 0 bridgehead atoms. The molecule has 0 amide bonds. The van der Waals surface area contributed by atoms with Gasteiger partial charge in [-0.1, -0.05) is 42.0 Å². The molecule has 3 aromatic rings. The van der Waals surface area contributed by atoms with Gasteiger partial charge in [-0.2, -0.15) is 4.37 Å². The topological polar surface area (TPSA) is 63.1 Å². The van der Waals surface area contributed by atoms with Gasteiger partial charge in [0.05, 0.1) is 6.42 Å². The highest BCUT2D eigenvalue weighted by Crippen LogP contribution is 2.23. The van der Waals surface area contributed by atoms with Crippen LogP contribution in [0.3, 0.4) is 0 Å². The zero-order valence-corrected chi connectivity index (χ0v) is 15.4. The molecule has 5 heteroatoms. The van der Waals surface area contributed by atoms with Gasteiger partial charge in [0.1, 0.15) is 5.01 Å². The molecule has 0 aliphatic heterocycles. The normalized spacial score (nSPS) is 10.8. The zero-order valence-electron chi connectivity index (χ0n) is 14.5. The standard InChI is InChI=1S/C20H20N2O2S/c1-12-4-6-15(7-5-12)20-21-18(25-22-20)10-16-8-14(3)17(9-13(16)2)11-19(23)24/h4-9H,10-11H2,1-3H3,(H,23,24). The maximum Gasteiger partial charge on any atom is 0.307 e. The third-order valence-corrected chi connectivity index (χ3v) is 4.97. The molecule has 1 heterocycles. The van der Waals surface area contributed by atoms with E-state index < -0.39 is 5.97 Å². The van der Waals surface area contributed by atoms with E-state index in [0.29, 0.717) is 6.42 Å². The fourth-order valence-electron chi connectivity index (χ4n) is 2.79. The van der Waals surface area contributed by atoms with Crippen molar-refractivity contribution in [2.75, 3.05) is 0 Å². The molecule has 0 aliphatic rings. The Labute approximate surface area is 151 Å². The zero-order chi connectivity index (χ0) is 18.0. The third kappa shape index (κ3) is 4.12. The Bertz CT molecular complexity index is 914. The molecule has 0 atom stereocenters. The van der Waals surface area contributed by atoms with Gasteiger partial charge < -0.3 is 5.11 Å². The number of hydrogen-bond acceptors (Lipinski definition) is 4. The van der Waals surface area contributed by atoms with E-state index in [2.05, 4.69) is 34.5 Å². The highest BCUT2D eigenvalue weighted by molar-refractivity contribution is 7.05. The summed E-state index contributed by atoms with van der Waals surface area (Å²) < 4.78 is 4.47. The first-order valence-corrected chi connectivity index (χ1v) is 8.90. The van der Waals surface area contributed by atoms with Gasteiger partial charge in [-0.05, 0) is 54.6 Å². The van der Waals surface area contributed by atoms with Crippen molar-refractivity contribution in [1.82, 2.24) is 9.36 Å². The number of carbonyl (C=O) groups is 1. The molecule has 0 saturated heterocycles. The van der Waals surface area contributed by atoms with Crippen LogP contribution in [0.5, 0.6) is 0 Å². The molecule has 3 rings (SSSR count). The van der Waals surface area contributed by atoms with Gasteiger partial charge in [0.15, 0.2) is 5.82 Å². The number of carboxylic acid groups (broad SMARTS) is 1. The summed E-state index contributed by atoms with van der Waals surface area (Å²) in [4.78, 5) is 15.6. The number of aryl methyl sites for hydroxylation is 3. The SMILES string of the molecule is Cc1ccc(-c2nsc(Cc3cc(C)c(CC(=O)O)cc3C)n2)cc1. The molecule has 0 aliphatic carbocycles. The van der Waals surface area contributed by atoms with Crippen molar-refractivity contribution >= 4 is 17.5 Å². The smallest absolute Gasteiger partial charge is 0.307 e. The van der Waals surface area contributed by atoms with Crippen LogP contribution < -0.4 is 0 Å². The number of hydrogen-bond donors (Lipinski definition) is 1. The quantitative estimate of drug-likeness (QED) is 0.741. The van der Waals surface area contributed by atoms with Crippen molar-refractivity contribution in [2.45, 2.75) is 33.6 Å². The van der Waals surface area contributed by atoms with Gasteiger partial charge in [-0.3, -0.25) is 4.79 Å². The summed E-state index contributed by atoms with van der Waals surface area (Å²) in [5.74, 6) is -0.0426. The molecule has 0 saturated carbocycles. The van der Waals surface area contributed by atoms with Crippen LogP contribution >= 0.6 is 11.5 Å². The number of benzene rings is 2. The van der Waals surface area contributed by atoms with Crippen molar-refractivity contribution in [3.05, 3.63) is 69.2 Å². The van der Waals surface area contributed by atoms with E-state index in [1.807, 2.05) is 32.0 Å². The van der Waals surface area contributed by atoms with Crippen molar-refractivity contribution in [1.29, 1.82) is 0 Å². The van der Waals surface area contributed by atoms with E-state index in [4.69, 9.17) is 5.11 Å². The summed E-state index contributed by atoms with van der Waals surface area (Å²) in [5, 5.41) is 9.96. The maximum atomic E-state index is 11.0. The molecular formula is C20H20N2O2S. The minimum Gasteiger partial charge on any atom is -0.481 e. The van der Waals surface area contributed by atoms with E-state index >= 15 is 0 Å². The summed E-state index contributed by atoms with van der Waals surface area (Å²) in [6.45, 7) is 6.03. The minimum absolute atomic E-state index is 0.0589. The number of aliphatic carboxylic acids is 1. The Morgan fingerprint density at radius 1 is 1.04 bits per heavy atom. The molecule has 4 nitrogen and oxygen atoms in total. The van der Waals surface area contributed by atoms with Crippen LogP contribution in [0.15, 0.2) is 36.4 Å². The molecule has 0 fully saturated rings. The number of rotatable bonds is 5. The fraction of sp³-hybridized carbons (Fsp3) is 0.250. The van der Waals surface area contributed by atoms with E-state index in [-0.39, 0.29) is 6.42 Å². The van der Waals surface area contributed by atoms with Crippen LogP contribution in [0.2, 0.25) is 0 Å². The van der Waals surface area contributed by atoms with Gasteiger partial charge in [0, 0.05) is 12.0 Å². The van der Waals surface area contributed by atoms with Gasteiger partial charge >= 0.3 is 5.97 Å². The Morgan fingerprint density at radius 3 is 2.36 bits per heavy atom. The van der Waals surface area contributed by atoms with Crippen molar-refractivity contribution in [2.24, 2.45) is 0 Å². The van der Waals surface area contributed by atoms with Crippen molar-refractivity contribution in [3.63, 3.8) is 0 Å². The van der Waals surface area contributed by atoms with E-state index in [9.17, 15) is 4.79 Å². The lowest BCUT2D eigenvalue weighted by Crippen LogP contribution is -2.04. The second-order valence-electron chi connectivity index (χ2n) is 6.33. The fourth-order valence-corrected chi connectivity index (χ4v) is 3.47. The largest absolute Gasteiger partial charge is 0.481 e. The lowest BCUT2D eigenvalue weighted by molar-refractivity contribution is -0.136. The Kier molecular flexibility index (Phi) is 4.95. The summed E-state index contributed by atoms with van der Waals surface area (Å²) in [6, 6.07) is 12.2. The van der Waals surface area contributed by atoms with Crippen LogP contribution in [0, 0.1) is 20.8 Å². The van der Waals surface area contributed by atoms with E-state index in [0.717, 1.165) is 33.1 Å². The van der Waals surface area contributed by atoms with Gasteiger partial charge in [0.25, 0.3) is 0 Å². The average molecular weight is 352 g/mol. The highest BCUT2D eigenvalue weighted by atomic mass is 32.1. The van der Waals surface area contributed by atoms with Gasteiger partial charge in [-0.15, -0.1) is 0 Å². The molecule has 1 N–H and O–H groups in total. The lowest BCUT2D eigenvalue weighted by atomic mass is 9.96. The lowest BCUT2D eigenvalue weighted by Gasteiger charge is -2.10. The Balaban J connectivity index is 1.82. The second kappa shape index (κ2) is 7.15. The average Bonchev–Trinajstić information content (AvgIpc) is 3.01. The molecule has 2 aromatic carbocycles. The molecular weight excluding hydrogens is 332 g/mol. The van der Waals surface area contributed by atoms with Crippen molar-refractivity contribution < 1.29 is 9.90 Å². The predicted molar refractivity (Wildman–Crippen MR) is 100 cm³/mol. The minimum atomic E-state index is -0.804. The summed E-state index contributed by atoms with van der Waals surface area (Å²) >= 11 is 1.42. The first kappa shape index (κ1) is 17.3. The second-order valence-corrected chi connectivity index (χ2v) is 7.17. The molecule has 0 spiro atoms. The number of nitrogens with zero attached hydrogens (tertiary/aromatic N) is 2. The first-order chi connectivity index (χ1) is 11.9. The summed E-state index contributed by atoms with van der Waals surface area (Å²) in [7, 11) is 0. The molecule has 0 unspecified atom stereocenters. The Morgan fingerprint density at radius 2 is 1.68 bits per heavy atom. The summed E-state index contributed by atoms with van der Waals surface area (Å²) in [6.07, 6.45) is 0.771. The monoisotopic (exact) mass is 352 g/mol. The van der Waals surface area contributed by atoms with Gasteiger partial charge in [-0.25, -0.2) is 4.98 Å². The third-order valence-electron chi connectivity index (χ3n) is 4.26. The van der Waals surface area contributed by atoms with Crippen molar-refractivity contribution in [3.8, 4) is 11.4 Å².